The number of hydrogen-bond acceptors (Lipinski definition) is 1. The van der Waals surface area contributed by atoms with Crippen molar-refractivity contribution in [1.82, 2.24) is 0 Å². The van der Waals surface area contributed by atoms with E-state index in [-0.39, 0.29) is 18.9 Å². The molecule has 0 aliphatic heterocycles. The topological polar surface area (TPSA) is 9.23 Å². The molecule has 1 saturated carbocycles. The van der Waals surface area contributed by atoms with Crippen molar-refractivity contribution in [2.75, 3.05) is 0 Å². The standard InChI is InChI=1S/C18H18BrF3O/c1-11-16-8-5-14(19)10-12(16)2-9-17(11)23-15-6-3-13(4-7-15)18(20,21)22/h2,5,8-10,13,15H,3-4,6-7H2,1H3. The van der Waals surface area contributed by atoms with Gasteiger partial charge in [0.1, 0.15) is 5.75 Å². The van der Waals surface area contributed by atoms with Gasteiger partial charge in [-0.05, 0) is 67.1 Å². The molecule has 0 atom stereocenters. The molecule has 0 radical (unpaired) electrons. The van der Waals surface area contributed by atoms with E-state index in [0.29, 0.717) is 12.8 Å². The van der Waals surface area contributed by atoms with E-state index in [0.717, 1.165) is 26.6 Å². The van der Waals surface area contributed by atoms with E-state index in [1.165, 1.54) is 0 Å². The zero-order valence-corrected chi connectivity index (χ0v) is 14.4. The van der Waals surface area contributed by atoms with E-state index in [2.05, 4.69) is 15.9 Å². The fraction of sp³-hybridized carbons (Fsp3) is 0.444. The van der Waals surface area contributed by atoms with Gasteiger partial charge in [-0.2, -0.15) is 13.2 Å². The molecule has 0 unspecified atom stereocenters. The summed E-state index contributed by atoms with van der Waals surface area (Å²) in [6, 6.07) is 9.96. The lowest BCUT2D eigenvalue weighted by atomic mass is 9.87. The van der Waals surface area contributed by atoms with E-state index in [1.807, 2.05) is 37.3 Å². The van der Waals surface area contributed by atoms with Gasteiger partial charge < -0.3 is 4.74 Å². The van der Waals surface area contributed by atoms with Crippen LogP contribution in [0, 0.1) is 12.8 Å². The predicted octanol–water partition coefficient (Wildman–Crippen LogP) is 6.41. The molecule has 23 heavy (non-hydrogen) atoms. The van der Waals surface area contributed by atoms with Crippen LogP contribution in [0.5, 0.6) is 5.75 Å². The van der Waals surface area contributed by atoms with Gasteiger partial charge in [0.25, 0.3) is 0 Å². The van der Waals surface area contributed by atoms with Gasteiger partial charge in [0.15, 0.2) is 0 Å². The van der Waals surface area contributed by atoms with Crippen molar-refractivity contribution in [3.05, 3.63) is 40.4 Å². The molecular weight excluding hydrogens is 369 g/mol. The Morgan fingerprint density at radius 2 is 1.74 bits per heavy atom. The Kier molecular flexibility index (Phi) is 4.59. The van der Waals surface area contributed by atoms with Crippen LogP contribution in [-0.2, 0) is 0 Å². The fourth-order valence-electron chi connectivity index (χ4n) is 3.25. The highest BCUT2D eigenvalue weighted by Gasteiger charge is 2.41. The molecule has 0 N–H and O–H groups in total. The number of benzene rings is 2. The van der Waals surface area contributed by atoms with Crippen LogP contribution in [0.25, 0.3) is 10.8 Å². The minimum absolute atomic E-state index is 0.125. The lowest BCUT2D eigenvalue weighted by Gasteiger charge is -2.30. The molecule has 1 fully saturated rings. The summed E-state index contributed by atoms with van der Waals surface area (Å²) in [6.07, 6.45) is -2.96. The first-order valence-electron chi connectivity index (χ1n) is 7.77. The number of alkyl halides is 3. The minimum Gasteiger partial charge on any atom is -0.490 e. The van der Waals surface area contributed by atoms with E-state index in [9.17, 15) is 13.2 Å². The Morgan fingerprint density at radius 1 is 1.04 bits per heavy atom. The van der Waals surface area contributed by atoms with Crippen LogP contribution in [0.4, 0.5) is 13.2 Å². The van der Waals surface area contributed by atoms with Gasteiger partial charge in [0, 0.05) is 4.47 Å². The van der Waals surface area contributed by atoms with Gasteiger partial charge in [0.2, 0.25) is 0 Å². The van der Waals surface area contributed by atoms with Crippen molar-refractivity contribution in [1.29, 1.82) is 0 Å². The van der Waals surface area contributed by atoms with E-state index in [1.54, 1.807) is 0 Å². The monoisotopic (exact) mass is 386 g/mol. The summed E-state index contributed by atoms with van der Waals surface area (Å²) in [5.74, 6) is -0.396. The molecule has 0 aromatic heterocycles. The minimum atomic E-state index is -4.07. The highest BCUT2D eigenvalue weighted by atomic mass is 79.9. The van der Waals surface area contributed by atoms with Crippen LogP contribution >= 0.6 is 15.9 Å². The number of halogens is 4. The molecule has 0 heterocycles. The summed E-state index contributed by atoms with van der Waals surface area (Å²) in [7, 11) is 0. The number of aryl methyl sites for hydroxylation is 1. The Bertz CT molecular complexity index is 703. The van der Waals surface area contributed by atoms with Crippen molar-refractivity contribution >= 4 is 26.7 Å². The summed E-state index contributed by atoms with van der Waals surface area (Å²) in [6.45, 7) is 1.99. The van der Waals surface area contributed by atoms with Crippen molar-refractivity contribution in [3.63, 3.8) is 0 Å². The van der Waals surface area contributed by atoms with Crippen LogP contribution in [0.3, 0.4) is 0 Å². The molecule has 0 saturated heterocycles. The average molecular weight is 387 g/mol. The Morgan fingerprint density at radius 3 is 2.39 bits per heavy atom. The maximum atomic E-state index is 12.7. The van der Waals surface area contributed by atoms with Crippen LogP contribution in [0.1, 0.15) is 31.2 Å². The van der Waals surface area contributed by atoms with Gasteiger partial charge in [-0.15, -0.1) is 0 Å². The molecule has 1 aliphatic rings. The Labute approximate surface area is 142 Å². The van der Waals surface area contributed by atoms with Gasteiger partial charge in [-0.3, -0.25) is 0 Å². The zero-order valence-electron chi connectivity index (χ0n) is 12.8. The summed E-state index contributed by atoms with van der Waals surface area (Å²) in [5.41, 5.74) is 1.04. The molecule has 0 bridgehead atoms. The van der Waals surface area contributed by atoms with Crippen LogP contribution in [0.2, 0.25) is 0 Å². The molecule has 124 valence electrons. The van der Waals surface area contributed by atoms with Crippen molar-refractivity contribution in [3.8, 4) is 5.75 Å². The Balaban J connectivity index is 1.73. The van der Waals surface area contributed by atoms with Crippen molar-refractivity contribution < 1.29 is 17.9 Å². The molecule has 0 spiro atoms. The number of hydrogen-bond donors (Lipinski definition) is 0. The summed E-state index contributed by atoms with van der Waals surface area (Å²) >= 11 is 3.45. The number of ether oxygens (including phenoxy) is 1. The average Bonchev–Trinajstić information content (AvgIpc) is 2.50. The third-order valence-corrected chi connectivity index (χ3v) is 5.13. The smallest absolute Gasteiger partial charge is 0.391 e. The maximum Gasteiger partial charge on any atom is 0.391 e. The van der Waals surface area contributed by atoms with Gasteiger partial charge in [0.05, 0.1) is 12.0 Å². The third kappa shape index (κ3) is 3.65. The second kappa shape index (κ2) is 6.34. The number of fused-ring (bicyclic) bond motifs is 1. The lowest BCUT2D eigenvalue weighted by molar-refractivity contribution is -0.185. The molecule has 5 heteroatoms. The summed E-state index contributed by atoms with van der Waals surface area (Å²) in [5, 5.41) is 2.22. The van der Waals surface area contributed by atoms with E-state index >= 15 is 0 Å². The van der Waals surface area contributed by atoms with Gasteiger partial charge >= 0.3 is 6.18 Å². The van der Waals surface area contributed by atoms with Crippen LogP contribution < -0.4 is 4.74 Å². The SMILES string of the molecule is Cc1c(OC2CCC(C(F)(F)F)CC2)ccc2cc(Br)ccc12. The predicted molar refractivity (Wildman–Crippen MR) is 88.8 cm³/mol. The Hall–Kier alpha value is -1.23. The van der Waals surface area contributed by atoms with Crippen LogP contribution in [0.15, 0.2) is 34.8 Å². The highest BCUT2D eigenvalue weighted by molar-refractivity contribution is 9.10. The maximum absolute atomic E-state index is 12.7. The van der Waals surface area contributed by atoms with Crippen LogP contribution in [-0.4, -0.2) is 12.3 Å². The molecule has 2 aromatic rings. The van der Waals surface area contributed by atoms with E-state index < -0.39 is 12.1 Å². The largest absolute Gasteiger partial charge is 0.490 e. The summed E-state index contributed by atoms with van der Waals surface area (Å²) in [4.78, 5) is 0. The highest BCUT2D eigenvalue weighted by Crippen LogP contribution is 2.39. The first-order chi connectivity index (χ1) is 10.8. The summed E-state index contributed by atoms with van der Waals surface area (Å²) < 4.78 is 45.2. The second-order valence-corrected chi connectivity index (χ2v) is 7.10. The van der Waals surface area contributed by atoms with Crippen molar-refractivity contribution in [2.24, 2.45) is 5.92 Å². The lowest BCUT2D eigenvalue weighted by Crippen LogP contribution is -2.31. The molecular formula is C18H18BrF3O. The first kappa shape index (κ1) is 16.6. The molecule has 2 aromatic carbocycles. The molecule has 1 aliphatic carbocycles. The normalized spacial score (nSPS) is 22.3. The van der Waals surface area contributed by atoms with E-state index in [4.69, 9.17) is 4.74 Å². The molecule has 1 nitrogen and oxygen atoms in total. The van der Waals surface area contributed by atoms with Crippen molar-refractivity contribution in [2.45, 2.75) is 44.9 Å². The second-order valence-electron chi connectivity index (χ2n) is 6.19. The zero-order chi connectivity index (χ0) is 16.6. The quantitative estimate of drug-likeness (QED) is 0.579. The van der Waals surface area contributed by atoms with Gasteiger partial charge in [-0.1, -0.05) is 28.1 Å². The molecule has 3 rings (SSSR count). The van der Waals surface area contributed by atoms with Gasteiger partial charge in [-0.25, -0.2) is 0 Å². The fourth-order valence-corrected chi connectivity index (χ4v) is 3.63. The first-order valence-corrected chi connectivity index (χ1v) is 8.56. The third-order valence-electron chi connectivity index (χ3n) is 4.63. The number of rotatable bonds is 2. The molecule has 0 amide bonds.